The molecule has 0 unspecified atom stereocenters. The van der Waals surface area contributed by atoms with E-state index in [2.05, 4.69) is 4.98 Å². The third kappa shape index (κ3) is 3.86. The number of rotatable bonds is 5. The van der Waals surface area contributed by atoms with Crippen LogP contribution in [-0.2, 0) is 4.79 Å². The van der Waals surface area contributed by atoms with Gasteiger partial charge in [-0.3, -0.25) is 24.9 Å². The van der Waals surface area contributed by atoms with Crippen molar-refractivity contribution < 1.29 is 14.7 Å². The highest BCUT2D eigenvalue weighted by Crippen LogP contribution is 2.28. The van der Waals surface area contributed by atoms with Crippen molar-refractivity contribution in [1.82, 2.24) is 4.98 Å². The van der Waals surface area contributed by atoms with Crippen LogP contribution in [0.1, 0.15) is 10.4 Å². The van der Waals surface area contributed by atoms with Crippen LogP contribution < -0.4 is 15.1 Å². The fraction of sp³-hybridized carbons (Fsp3) is 0.0526. The first kappa shape index (κ1) is 19.1. The van der Waals surface area contributed by atoms with Crippen LogP contribution in [0.5, 0.6) is 0 Å². The lowest BCUT2D eigenvalue weighted by Gasteiger charge is -2.21. The molecule has 0 saturated heterocycles. The van der Waals surface area contributed by atoms with Gasteiger partial charge in [0, 0.05) is 40.0 Å². The van der Waals surface area contributed by atoms with Gasteiger partial charge in [-0.25, -0.2) is 4.42 Å². The van der Waals surface area contributed by atoms with E-state index in [-0.39, 0.29) is 5.96 Å². The van der Waals surface area contributed by atoms with Crippen LogP contribution in [0.15, 0.2) is 60.9 Å². The molecule has 0 saturated carbocycles. The Labute approximate surface area is 165 Å². The Bertz CT molecular complexity index is 1060. The predicted molar refractivity (Wildman–Crippen MR) is 108 cm³/mol. The molecule has 28 heavy (non-hydrogen) atoms. The average molecular weight is 398 g/mol. The summed E-state index contributed by atoms with van der Waals surface area (Å²) >= 11 is 6.01. The summed E-state index contributed by atoms with van der Waals surface area (Å²) in [4.78, 5) is 29.5. The first-order valence-electron chi connectivity index (χ1n) is 8.15. The van der Waals surface area contributed by atoms with Crippen molar-refractivity contribution in [1.29, 1.82) is 5.41 Å². The minimum atomic E-state index is -1.12. The van der Waals surface area contributed by atoms with Crippen molar-refractivity contribution >= 4 is 51.8 Å². The van der Waals surface area contributed by atoms with Crippen LogP contribution >= 0.6 is 11.8 Å². The molecule has 0 atom stereocenters. The van der Waals surface area contributed by atoms with Crippen molar-refractivity contribution in [2.45, 2.75) is 0 Å². The molecule has 0 fully saturated rings. The van der Waals surface area contributed by atoms with Crippen LogP contribution in [-0.4, -0.2) is 34.5 Å². The molecule has 0 aliphatic heterocycles. The van der Waals surface area contributed by atoms with Gasteiger partial charge in [0.05, 0.1) is 11.9 Å². The maximum absolute atomic E-state index is 13.0. The molecule has 0 radical (unpaired) electrons. The molecule has 9 heteroatoms. The zero-order valence-corrected chi connectivity index (χ0v) is 15.3. The summed E-state index contributed by atoms with van der Waals surface area (Å²) in [6, 6.07) is 13.4. The van der Waals surface area contributed by atoms with E-state index in [1.54, 1.807) is 54.7 Å². The van der Waals surface area contributed by atoms with Crippen LogP contribution in [0, 0.1) is 5.41 Å². The fourth-order valence-corrected chi connectivity index (χ4v) is 2.89. The topological polar surface area (TPSA) is 124 Å². The molecule has 3 aromatic rings. The molecule has 4 N–H and O–H groups in total. The van der Waals surface area contributed by atoms with Gasteiger partial charge in [0.25, 0.3) is 5.91 Å². The maximum Gasteiger partial charge on any atom is 0.323 e. The van der Waals surface area contributed by atoms with Crippen molar-refractivity contribution in [3.63, 3.8) is 0 Å². The smallest absolute Gasteiger partial charge is 0.323 e. The van der Waals surface area contributed by atoms with Gasteiger partial charge in [-0.2, -0.15) is 0 Å². The van der Waals surface area contributed by atoms with Gasteiger partial charge in [0.1, 0.15) is 6.54 Å². The molecule has 0 aliphatic carbocycles. The summed E-state index contributed by atoms with van der Waals surface area (Å²) in [5.74, 6) is -1.95. The van der Waals surface area contributed by atoms with Crippen LogP contribution in [0.3, 0.4) is 0 Å². The Kier molecular flexibility index (Phi) is 5.42. The normalized spacial score (nSPS) is 10.5. The summed E-state index contributed by atoms with van der Waals surface area (Å²) < 4.78 is 0.956. The van der Waals surface area contributed by atoms with E-state index < -0.39 is 18.4 Å². The standard InChI is InChI=1S/C19H16ClN5O3/c20-25(19(21)22)16-10-23-9-13-8-12(6-7-15(13)16)18(28)24(11-17(26)27)14-4-2-1-3-5-14/h1-10H,11H2,(H3,21,22)(H,26,27). The summed E-state index contributed by atoms with van der Waals surface area (Å²) in [7, 11) is 0. The highest BCUT2D eigenvalue weighted by Gasteiger charge is 2.21. The zero-order valence-electron chi connectivity index (χ0n) is 14.5. The molecule has 0 bridgehead atoms. The van der Waals surface area contributed by atoms with Gasteiger partial charge in [-0.15, -0.1) is 0 Å². The van der Waals surface area contributed by atoms with Crippen molar-refractivity contribution in [3.8, 4) is 0 Å². The average Bonchev–Trinajstić information content (AvgIpc) is 2.70. The number of carboxylic acid groups (broad SMARTS) is 1. The van der Waals surface area contributed by atoms with Crippen molar-refractivity contribution in [2.24, 2.45) is 5.73 Å². The molecule has 0 aliphatic rings. The maximum atomic E-state index is 13.0. The van der Waals surface area contributed by atoms with Gasteiger partial charge in [0.15, 0.2) is 0 Å². The zero-order chi connectivity index (χ0) is 20.3. The number of hydrogen-bond donors (Lipinski definition) is 3. The van der Waals surface area contributed by atoms with E-state index in [1.165, 1.54) is 11.1 Å². The van der Waals surface area contributed by atoms with Gasteiger partial charge in [-0.05, 0) is 24.3 Å². The van der Waals surface area contributed by atoms with E-state index in [1.807, 2.05) is 0 Å². The Morgan fingerprint density at radius 2 is 1.86 bits per heavy atom. The van der Waals surface area contributed by atoms with Gasteiger partial charge < -0.3 is 10.8 Å². The number of fused-ring (bicyclic) bond motifs is 1. The molecule has 3 rings (SSSR count). The minimum Gasteiger partial charge on any atom is -0.480 e. The molecule has 2 aromatic carbocycles. The largest absolute Gasteiger partial charge is 0.480 e. The van der Waals surface area contributed by atoms with Crippen molar-refractivity contribution in [3.05, 3.63) is 66.5 Å². The second-order valence-electron chi connectivity index (χ2n) is 5.88. The third-order valence-corrected chi connectivity index (χ3v) is 4.38. The molecular weight excluding hydrogens is 382 g/mol. The molecule has 1 aromatic heterocycles. The summed E-state index contributed by atoms with van der Waals surface area (Å²) in [6.45, 7) is -0.473. The highest BCUT2D eigenvalue weighted by molar-refractivity contribution is 6.38. The van der Waals surface area contributed by atoms with E-state index in [4.69, 9.17) is 22.9 Å². The number of benzene rings is 2. The lowest BCUT2D eigenvalue weighted by atomic mass is 10.1. The number of aliphatic carboxylic acids is 1. The van der Waals surface area contributed by atoms with Crippen molar-refractivity contribution in [2.75, 3.05) is 15.9 Å². The number of halogens is 1. The Hall–Kier alpha value is -3.65. The van der Waals surface area contributed by atoms with Gasteiger partial charge >= 0.3 is 5.97 Å². The quantitative estimate of drug-likeness (QED) is 0.345. The van der Waals surface area contributed by atoms with Gasteiger partial charge in [-0.1, -0.05) is 24.3 Å². The highest BCUT2D eigenvalue weighted by atomic mass is 35.5. The number of amides is 1. The molecule has 0 spiro atoms. The van der Waals surface area contributed by atoms with E-state index >= 15 is 0 Å². The number of nitrogens with zero attached hydrogens (tertiary/aromatic N) is 3. The molecular formula is C19H16ClN5O3. The minimum absolute atomic E-state index is 0.292. The Morgan fingerprint density at radius 1 is 1.14 bits per heavy atom. The lowest BCUT2D eigenvalue weighted by molar-refractivity contribution is -0.135. The van der Waals surface area contributed by atoms with Crippen LogP contribution in [0.25, 0.3) is 10.8 Å². The SMILES string of the molecule is N=C(N)N(Cl)c1cncc2cc(C(=O)N(CC(=O)O)c3ccccc3)ccc12. The number of guanidine groups is 1. The number of nitrogens with one attached hydrogen (secondary N) is 1. The molecule has 1 amide bonds. The number of nitrogens with two attached hydrogens (primary N) is 1. The van der Waals surface area contributed by atoms with E-state index in [0.717, 1.165) is 4.42 Å². The second-order valence-corrected chi connectivity index (χ2v) is 6.22. The molecule has 8 nitrogen and oxygen atoms in total. The Morgan fingerprint density at radius 3 is 2.50 bits per heavy atom. The number of carbonyl (C=O) groups is 2. The number of pyridine rings is 1. The van der Waals surface area contributed by atoms with E-state index in [0.29, 0.717) is 27.7 Å². The summed E-state index contributed by atoms with van der Waals surface area (Å²) in [5.41, 5.74) is 6.59. The molecule has 1 heterocycles. The van der Waals surface area contributed by atoms with E-state index in [9.17, 15) is 14.7 Å². The monoisotopic (exact) mass is 397 g/mol. The number of para-hydroxylation sites is 1. The fourth-order valence-electron chi connectivity index (χ4n) is 2.76. The number of anilines is 2. The number of hydrogen-bond acceptors (Lipinski definition) is 4. The van der Waals surface area contributed by atoms with Crippen LogP contribution in [0.4, 0.5) is 11.4 Å². The first-order chi connectivity index (χ1) is 13.4. The van der Waals surface area contributed by atoms with Gasteiger partial charge in [0.2, 0.25) is 5.96 Å². The second kappa shape index (κ2) is 7.93. The number of carboxylic acids is 1. The molecule has 142 valence electrons. The number of carbonyl (C=O) groups excluding carboxylic acids is 1. The summed E-state index contributed by atoms with van der Waals surface area (Å²) in [5, 5.41) is 17.9. The summed E-state index contributed by atoms with van der Waals surface area (Å²) in [6.07, 6.45) is 3.00. The first-order valence-corrected chi connectivity index (χ1v) is 8.48. The van der Waals surface area contributed by atoms with Crippen LogP contribution in [0.2, 0.25) is 0 Å². The number of aromatic nitrogens is 1. The Balaban J connectivity index is 2.03. The predicted octanol–water partition coefficient (Wildman–Crippen LogP) is 2.82. The lowest BCUT2D eigenvalue weighted by Crippen LogP contribution is -2.35. The third-order valence-electron chi connectivity index (χ3n) is 4.01.